The Bertz CT molecular complexity index is 2020. The van der Waals surface area contributed by atoms with Crippen LogP contribution in [0, 0.1) is 12.8 Å². The SMILES string of the molecule is CO[C@H]1O[C@H](COC(c2ccccc2)(c2ccccc2)c2ccccc2)[C@@H](S(=O)(=O)c2ccc(C)cc2)[C@H](COS(C)(=O)=O)[C@H]1OCc1ccccc1. The van der Waals surface area contributed by atoms with E-state index in [1.807, 2.05) is 128 Å². The first-order valence-electron chi connectivity index (χ1n) is 17.3. The summed E-state index contributed by atoms with van der Waals surface area (Å²) in [6.07, 6.45) is -2.40. The van der Waals surface area contributed by atoms with Gasteiger partial charge in [-0.1, -0.05) is 139 Å². The predicted octanol–water partition coefficient (Wildman–Crippen LogP) is 6.70. The number of ether oxygens (including phenoxy) is 4. The van der Waals surface area contributed by atoms with Crippen molar-refractivity contribution in [3.63, 3.8) is 0 Å². The molecule has 5 atom stereocenters. The van der Waals surface area contributed by atoms with Crippen molar-refractivity contribution in [3.8, 4) is 0 Å². The Morgan fingerprint density at radius 3 is 1.62 bits per heavy atom. The molecule has 278 valence electrons. The number of hydrogen-bond donors (Lipinski definition) is 0. The third kappa shape index (κ3) is 8.79. The van der Waals surface area contributed by atoms with Crippen molar-refractivity contribution in [2.45, 2.75) is 47.8 Å². The highest BCUT2D eigenvalue weighted by Crippen LogP contribution is 2.43. The largest absolute Gasteiger partial charge is 0.368 e. The van der Waals surface area contributed by atoms with Crippen LogP contribution in [0.15, 0.2) is 150 Å². The molecule has 0 radical (unpaired) electrons. The van der Waals surface area contributed by atoms with Gasteiger partial charge in [-0.2, -0.15) is 8.42 Å². The smallest absolute Gasteiger partial charge is 0.264 e. The van der Waals surface area contributed by atoms with E-state index in [0.717, 1.165) is 34.1 Å². The van der Waals surface area contributed by atoms with Gasteiger partial charge in [-0.05, 0) is 41.3 Å². The van der Waals surface area contributed by atoms with Crippen LogP contribution >= 0.6 is 0 Å². The molecule has 1 saturated heterocycles. The minimum Gasteiger partial charge on any atom is -0.368 e. The quantitative estimate of drug-likeness (QED) is 0.0851. The van der Waals surface area contributed by atoms with Crippen LogP contribution in [0.25, 0.3) is 0 Å². The minimum absolute atomic E-state index is 0.0455. The Balaban J connectivity index is 1.49. The Morgan fingerprint density at radius 2 is 1.15 bits per heavy atom. The maximum absolute atomic E-state index is 15.0. The molecular formula is C42H44O9S2. The van der Waals surface area contributed by atoms with Gasteiger partial charge in [-0.3, -0.25) is 4.18 Å². The van der Waals surface area contributed by atoms with Gasteiger partial charge < -0.3 is 18.9 Å². The number of rotatable bonds is 15. The Labute approximate surface area is 312 Å². The van der Waals surface area contributed by atoms with Crippen molar-refractivity contribution in [1.29, 1.82) is 0 Å². The predicted molar refractivity (Wildman–Crippen MR) is 202 cm³/mol. The van der Waals surface area contributed by atoms with Gasteiger partial charge in [0.05, 0.1) is 31.0 Å². The van der Waals surface area contributed by atoms with Crippen molar-refractivity contribution in [3.05, 3.63) is 173 Å². The summed E-state index contributed by atoms with van der Waals surface area (Å²) in [5.74, 6) is -1.08. The second-order valence-corrected chi connectivity index (χ2v) is 16.9. The van der Waals surface area contributed by atoms with Crippen molar-refractivity contribution in [1.82, 2.24) is 0 Å². The van der Waals surface area contributed by atoms with E-state index >= 15 is 0 Å². The fourth-order valence-electron chi connectivity index (χ4n) is 6.97. The van der Waals surface area contributed by atoms with Crippen LogP contribution < -0.4 is 0 Å². The number of aryl methyl sites for hydroxylation is 1. The molecule has 11 heteroatoms. The number of hydrogen-bond acceptors (Lipinski definition) is 9. The Morgan fingerprint density at radius 1 is 0.660 bits per heavy atom. The third-order valence-corrected chi connectivity index (χ3v) is 12.4. The molecule has 1 aliphatic rings. The average Bonchev–Trinajstić information content (AvgIpc) is 3.18. The van der Waals surface area contributed by atoms with E-state index in [2.05, 4.69) is 0 Å². The van der Waals surface area contributed by atoms with Gasteiger partial charge in [0.15, 0.2) is 16.1 Å². The van der Waals surface area contributed by atoms with Crippen molar-refractivity contribution in [2.75, 3.05) is 26.6 Å². The Kier molecular flexibility index (Phi) is 12.3. The van der Waals surface area contributed by atoms with Crippen LogP contribution in [0.2, 0.25) is 0 Å². The van der Waals surface area contributed by atoms with Gasteiger partial charge >= 0.3 is 0 Å². The zero-order valence-corrected chi connectivity index (χ0v) is 31.5. The van der Waals surface area contributed by atoms with Gasteiger partial charge in [0.1, 0.15) is 23.1 Å². The second kappa shape index (κ2) is 16.9. The molecular weight excluding hydrogens is 713 g/mol. The third-order valence-electron chi connectivity index (χ3n) is 9.49. The van der Waals surface area contributed by atoms with E-state index in [0.29, 0.717) is 0 Å². The van der Waals surface area contributed by atoms with Crippen LogP contribution in [0.5, 0.6) is 0 Å². The summed E-state index contributed by atoms with van der Waals surface area (Å²) in [6, 6.07) is 45.0. The van der Waals surface area contributed by atoms with E-state index in [-0.39, 0.29) is 18.1 Å². The second-order valence-electron chi connectivity index (χ2n) is 13.1. The lowest BCUT2D eigenvalue weighted by atomic mass is 9.80. The van der Waals surface area contributed by atoms with Gasteiger partial charge in [0.2, 0.25) is 0 Å². The molecule has 0 unspecified atom stereocenters. The highest BCUT2D eigenvalue weighted by molar-refractivity contribution is 7.92. The molecule has 0 aliphatic carbocycles. The first kappa shape index (κ1) is 38.5. The molecule has 5 aromatic carbocycles. The van der Waals surface area contributed by atoms with E-state index in [1.165, 1.54) is 7.11 Å². The van der Waals surface area contributed by atoms with Crippen LogP contribution in [0.3, 0.4) is 0 Å². The Hall–Kier alpha value is -4.20. The fourth-order valence-corrected chi connectivity index (χ4v) is 9.44. The zero-order chi connectivity index (χ0) is 37.5. The van der Waals surface area contributed by atoms with Gasteiger partial charge in [0.25, 0.3) is 10.1 Å². The maximum Gasteiger partial charge on any atom is 0.264 e. The molecule has 0 spiro atoms. The lowest BCUT2D eigenvalue weighted by Gasteiger charge is -2.46. The normalized spacial score (nSPS) is 20.9. The van der Waals surface area contributed by atoms with Crippen molar-refractivity contribution in [2.24, 2.45) is 5.92 Å². The standard InChI is InChI=1S/C42H44O9S2/c1-31-24-26-36(27-25-31)53(45,46)40-37(29-50-52(3,43)44)39(48-28-32-16-8-4-9-17-32)41(47-2)51-38(40)30-49-42(33-18-10-5-11-19-33,34-20-12-6-13-21-34)35-22-14-7-15-23-35/h4-27,37-41H,28-30H2,1-3H3/t37-,38-,39-,40+,41+/m1/s1. The summed E-state index contributed by atoms with van der Waals surface area (Å²) >= 11 is 0. The number of benzene rings is 5. The van der Waals surface area contributed by atoms with E-state index in [9.17, 15) is 16.8 Å². The van der Waals surface area contributed by atoms with Crippen LogP contribution in [0.4, 0.5) is 0 Å². The molecule has 53 heavy (non-hydrogen) atoms. The zero-order valence-electron chi connectivity index (χ0n) is 29.9. The van der Waals surface area contributed by atoms with Gasteiger partial charge in [-0.25, -0.2) is 8.42 Å². The molecule has 0 saturated carbocycles. The monoisotopic (exact) mass is 756 g/mol. The average molecular weight is 757 g/mol. The fraction of sp³-hybridized carbons (Fsp3) is 0.286. The molecule has 0 N–H and O–H groups in total. The van der Waals surface area contributed by atoms with E-state index in [4.69, 9.17) is 23.1 Å². The molecule has 5 aromatic rings. The molecule has 9 nitrogen and oxygen atoms in total. The van der Waals surface area contributed by atoms with Crippen LogP contribution in [-0.4, -0.2) is 67.2 Å². The highest BCUT2D eigenvalue weighted by Gasteiger charge is 2.54. The molecule has 0 bridgehead atoms. The summed E-state index contributed by atoms with van der Waals surface area (Å²) < 4.78 is 86.2. The van der Waals surface area contributed by atoms with Crippen molar-refractivity contribution < 1.29 is 40.0 Å². The van der Waals surface area contributed by atoms with E-state index < -0.39 is 61.8 Å². The van der Waals surface area contributed by atoms with Crippen LogP contribution in [0.1, 0.15) is 27.8 Å². The highest BCUT2D eigenvalue weighted by atomic mass is 32.2. The maximum atomic E-state index is 15.0. The number of sulfone groups is 1. The minimum atomic E-state index is -4.27. The summed E-state index contributed by atoms with van der Waals surface area (Å²) in [5, 5.41) is -1.39. The van der Waals surface area contributed by atoms with E-state index in [1.54, 1.807) is 24.3 Å². The van der Waals surface area contributed by atoms with Gasteiger partial charge in [0, 0.05) is 13.0 Å². The molecule has 6 rings (SSSR count). The topological polar surface area (TPSA) is 114 Å². The first-order chi connectivity index (χ1) is 25.5. The lowest BCUT2D eigenvalue weighted by Crippen LogP contribution is -2.61. The molecule has 1 heterocycles. The summed E-state index contributed by atoms with van der Waals surface area (Å²) in [5.41, 5.74) is 2.95. The summed E-state index contributed by atoms with van der Waals surface area (Å²) in [6.45, 7) is 1.21. The molecule has 0 amide bonds. The molecule has 1 aliphatic heterocycles. The summed E-state index contributed by atoms with van der Waals surface area (Å²) in [4.78, 5) is 0.0455. The first-order valence-corrected chi connectivity index (χ1v) is 20.7. The van der Waals surface area contributed by atoms with Gasteiger partial charge in [-0.15, -0.1) is 0 Å². The molecule has 1 fully saturated rings. The van der Waals surface area contributed by atoms with Crippen LogP contribution in [-0.2, 0) is 55.3 Å². The number of methoxy groups -OCH3 is 1. The van der Waals surface area contributed by atoms with Crippen molar-refractivity contribution >= 4 is 20.0 Å². The summed E-state index contributed by atoms with van der Waals surface area (Å²) in [7, 11) is -6.83. The molecule has 0 aromatic heterocycles. The lowest BCUT2D eigenvalue weighted by molar-refractivity contribution is -0.270.